The Labute approximate surface area is 105 Å². The number of thioether (sulfide) groups is 1. The SMILES string of the molecule is O=C1NC(C(=O)NC2CCCCCC2O)CS1. The van der Waals surface area contributed by atoms with Crippen LogP contribution < -0.4 is 10.6 Å². The summed E-state index contributed by atoms with van der Waals surface area (Å²) in [7, 11) is 0. The van der Waals surface area contributed by atoms with Crippen LogP contribution >= 0.6 is 11.8 Å². The maximum absolute atomic E-state index is 11.9. The highest BCUT2D eigenvalue weighted by Gasteiger charge is 2.31. The lowest BCUT2D eigenvalue weighted by Gasteiger charge is -2.23. The minimum Gasteiger partial charge on any atom is -0.391 e. The number of hydrogen-bond donors (Lipinski definition) is 3. The molecular formula is C11H18N2O3S. The first-order valence-corrected chi connectivity index (χ1v) is 7.07. The topological polar surface area (TPSA) is 78.4 Å². The molecule has 1 heterocycles. The molecule has 2 fully saturated rings. The zero-order valence-electron chi connectivity index (χ0n) is 9.65. The second-order valence-corrected chi connectivity index (χ2v) is 5.61. The van der Waals surface area contributed by atoms with Gasteiger partial charge in [0.1, 0.15) is 6.04 Å². The van der Waals surface area contributed by atoms with Crippen molar-refractivity contribution in [2.75, 3.05) is 5.75 Å². The minimum absolute atomic E-state index is 0.147. The molecule has 6 heteroatoms. The van der Waals surface area contributed by atoms with Crippen LogP contribution in [0.1, 0.15) is 32.1 Å². The summed E-state index contributed by atoms with van der Waals surface area (Å²) in [4.78, 5) is 22.9. The van der Waals surface area contributed by atoms with Gasteiger partial charge in [-0.15, -0.1) is 0 Å². The molecule has 0 aromatic rings. The molecule has 96 valence electrons. The summed E-state index contributed by atoms with van der Waals surface area (Å²) in [5, 5.41) is 15.2. The Morgan fingerprint density at radius 3 is 2.82 bits per heavy atom. The predicted octanol–water partition coefficient (Wildman–Crippen LogP) is 0.621. The highest BCUT2D eigenvalue weighted by molar-refractivity contribution is 8.14. The molecule has 17 heavy (non-hydrogen) atoms. The maximum Gasteiger partial charge on any atom is 0.279 e. The molecule has 1 aliphatic heterocycles. The van der Waals surface area contributed by atoms with Gasteiger partial charge in [0.05, 0.1) is 12.1 Å². The lowest BCUT2D eigenvalue weighted by atomic mass is 10.1. The van der Waals surface area contributed by atoms with E-state index in [-0.39, 0.29) is 17.2 Å². The molecule has 1 saturated heterocycles. The van der Waals surface area contributed by atoms with Crippen molar-refractivity contribution >= 4 is 22.9 Å². The number of aliphatic hydroxyl groups excluding tert-OH is 1. The van der Waals surface area contributed by atoms with Gasteiger partial charge in [-0.25, -0.2) is 0 Å². The van der Waals surface area contributed by atoms with Gasteiger partial charge in [-0.1, -0.05) is 31.0 Å². The van der Waals surface area contributed by atoms with E-state index in [1.807, 2.05) is 0 Å². The third kappa shape index (κ3) is 3.35. The van der Waals surface area contributed by atoms with Gasteiger partial charge < -0.3 is 15.7 Å². The molecule has 2 aliphatic rings. The molecule has 5 nitrogen and oxygen atoms in total. The average molecular weight is 258 g/mol. The molecule has 2 rings (SSSR count). The Hall–Kier alpha value is -0.750. The molecule has 0 bridgehead atoms. The van der Waals surface area contributed by atoms with E-state index in [9.17, 15) is 14.7 Å². The van der Waals surface area contributed by atoms with Crippen LogP contribution in [0.3, 0.4) is 0 Å². The fraction of sp³-hybridized carbons (Fsp3) is 0.818. The van der Waals surface area contributed by atoms with Crippen LogP contribution in [0.2, 0.25) is 0 Å². The van der Waals surface area contributed by atoms with Crippen LogP contribution in [-0.4, -0.2) is 40.2 Å². The fourth-order valence-corrected chi connectivity index (χ4v) is 3.04. The van der Waals surface area contributed by atoms with Gasteiger partial charge in [0.15, 0.2) is 0 Å². The molecule has 0 aromatic heterocycles. The molecule has 1 saturated carbocycles. The summed E-state index contributed by atoms with van der Waals surface area (Å²) >= 11 is 1.13. The number of hydrogen-bond acceptors (Lipinski definition) is 4. The number of nitrogens with one attached hydrogen (secondary N) is 2. The second kappa shape index (κ2) is 5.73. The van der Waals surface area contributed by atoms with E-state index in [0.717, 1.165) is 43.9 Å². The highest BCUT2D eigenvalue weighted by Crippen LogP contribution is 2.19. The lowest BCUT2D eigenvalue weighted by Crippen LogP contribution is -2.50. The number of amides is 2. The first-order chi connectivity index (χ1) is 8.16. The predicted molar refractivity (Wildman–Crippen MR) is 65.8 cm³/mol. The Morgan fingerprint density at radius 1 is 1.35 bits per heavy atom. The zero-order valence-corrected chi connectivity index (χ0v) is 10.5. The number of carbonyl (C=O) groups is 2. The fourth-order valence-electron chi connectivity index (χ4n) is 2.27. The maximum atomic E-state index is 11.9. The van der Waals surface area contributed by atoms with E-state index in [1.165, 1.54) is 0 Å². The van der Waals surface area contributed by atoms with Gasteiger partial charge in [-0.05, 0) is 12.8 Å². The molecule has 2 amide bonds. The smallest absolute Gasteiger partial charge is 0.279 e. The minimum atomic E-state index is -0.453. The first-order valence-electron chi connectivity index (χ1n) is 6.08. The molecule has 3 N–H and O–H groups in total. The summed E-state index contributed by atoms with van der Waals surface area (Å²) in [6.07, 6.45) is 4.28. The zero-order chi connectivity index (χ0) is 12.3. The van der Waals surface area contributed by atoms with E-state index >= 15 is 0 Å². The van der Waals surface area contributed by atoms with Crippen LogP contribution in [0.4, 0.5) is 4.79 Å². The van der Waals surface area contributed by atoms with Crippen molar-refractivity contribution in [3.8, 4) is 0 Å². The Morgan fingerprint density at radius 2 is 2.12 bits per heavy atom. The van der Waals surface area contributed by atoms with Crippen molar-refractivity contribution < 1.29 is 14.7 Å². The number of carbonyl (C=O) groups excluding carboxylic acids is 2. The van der Waals surface area contributed by atoms with Crippen LogP contribution in [-0.2, 0) is 4.79 Å². The van der Waals surface area contributed by atoms with E-state index in [4.69, 9.17) is 0 Å². The number of rotatable bonds is 2. The second-order valence-electron chi connectivity index (χ2n) is 4.62. The van der Waals surface area contributed by atoms with Crippen molar-refractivity contribution in [3.05, 3.63) is 0 Å². The molecule has 3 unspecified atom stereocenters. The van der Waals surface area contributed by atoms with Gasteiger partial charge in [-0.2, -0.15) is 0 Å². The van der Waals surface area contributed by atoms with E-state index in [0.29, 0.717) is 5.75 Å². The van der Waals surface area contributed by atoms with Crippen LogP contribution in [0.15, 0.2) is 0 Å². The molecule has 3 atom stereocenters. The summed E-state index contributed by atoms with van der Waals surface area (Å²) in [6.45, 7) is 0. The summed E-state index contributed by atoms with van der Waals surface area (Å²) in [5.41, 5.74) is 0. The van der Waals surface area contributed by atoms with Gasteiger partial charge >= 0.3 is 0 Å². The lowest BCUT2D eigenvalue weighted by molar-refractivity contribution is -0.123. The van der Waals surface area contributed by atoms with Crippen molar-refractivity contribution in [1.82, 2.24) is 10.6 Å². The standard InChI is InChI=1S/C11H18N2O3S/c14-9-5-3-1-2-4-7(9)12-10(15)8-6-17-11(16)13-8/h7-9,14H,1-6H2,(H,12,15)(H,13,16). The largest absolute Gasteiger partial charge is 0.391 e. The third-order valence-electron chi connectivity index (χ3n) is 3.30. The molecular weight excluding hydrogens is 240 g/mol. The molecule has 0 radical (unpaired) electrons. The van der Waals surface area contributed by atoms with Gasteiger partial charge in [0.25, 0.3) is 5.24 Å². The van der Waals surface area contributed by atoms with Crippen LogP contribution in [0, 0.1) is 0 Å². The van der Waals surface area contributed by atoms with Gasteiger partial charge in [0, 0.05) is 5.75 Å². The Kier molecular flexibility index (Phi) is 4.28. The Balaban J connectivity index is 1.86. The van der Waals surface area contributed by atoms with E-state index < -0.39 is 12.1 Å². The summed E-state index contributed by atoms with van der Waals surface area (Å²) in [5.74, 6) is 0.308. The van der Waals surface area contributed by atoms with Crippen molar-refractivity contribution in [2.24, 2.45) is 0 Å². The van der Waals surface area contributed by atoms with Crippen molar-refractivity contribution in [3.63, 3.8) is 0 Å². The van der Waals surface area contributed by atoms with E-state index in [1.54, 1.807) is 0 Å². The average Bonchev–Trinajstić information content (AvgIpc) is 2.63. The molecule has 0 aromatic carbocycles. The van der Waals surface area contributed by atoms with Crippen molar-refractivity contribution in [1.29, 1.82) is 0 Å². The van der Waals surface area contributed by atoms with E-state index in [2.05, 4.69) is 10.6 Å². The third-order valence-corrected chi connectivity index (χ3v) is 4.18. The Bertz CT molecular complexity index is 311. The van der Waals surface area contributed by atoms with Crippen LogP contribution in [0.25, 0.3) is 0 Å². The monoisotopic (exact) mass is 258 g/mol. The highest BCUT2D eigenvalue weighted by atomic mass is 32.2. The van der Waals surface area contributed by atoms with Gasteiger partial charge in [-0.3, -0.25) is 9.59 Å². The normalized spacial score (nSPS) is 33.9. The van der Waals surface area contributed by atoms with Gasteiger partial charge in [0.2, 0.25) is 5.91 Å². The quantitative estimate of drug-likeness (QED) is 0.635. The molecule has 1 aliphatic carbocycles. The first kappa shape index (κ1) is 12.7. The summed E-state index contributed by atoms with van der Waals surface area (Å²) < 4.78 is 0. The summed E-state index contributed by atoms with van der Waals surface area (Å²) in [6, 6.07) is -0.601. The number of aliphatic hydroxyl groups is 1. The molecule has 0 spiro atoms. The van der Waals surface area contributed by atoms with Crippen LogP contribution in [0.5, 0.6) is 0 Å². The van der Waals surface area contributed by atoms with Crippen molar-refractivity contribution in [2.45, 2.75) is 50.3 Å².